The second-order valence-corrected chi connectivity index (χ2v) is 7.76. The molecule has 2 atom stereocenters. The highest BCUT2D eigenvalue weighted by molar-refractivity contribution is 5.78. The summed E-state index contributed by atoms with van der Waals surface area (Å²) in [5, 5.41) is 7.01. The van der Waals surface area contributed by atoms with Crippen LogP contribution in [0.2, 0.25) is 0 Å². The summed E-state index contributed by atoms with van der Waals surface area (Å²) < 4.78 is 0. The van der Waals surface area contributed by atoms with Crippen LogP contribution in [0.5, 0.6) is 0 Å². The van der Waals surface area contributed by atoms with Crippen LogP contribution < -0.4 is 10.6 Å². The molecule has 1 aromatic heterocycles. The second-order valence-electron chi connectivity index (χ2n) is 7.76. The van der Waals surface area contributed by atoms with Crippen molar-refractivity contribution in [1.29, 1.82) is 0 Å². The van der Waals surface area contributed by atoms with Crippen molar-refractivity contribution in [3.05, 3.63) is 30.1 Å². The number of likely N-dealkylation sites (tertiary alicyclic amines) is 1. The van der Waals surface area contributed by atoms with Crippen molar-refractivity contribution in [2.75, 3.05) is 33.2 Å². The van der Waals surface area contributed by atoms with Crippen LogP contribution >= 0.6 is 0 Å². The fraction of sp³-hybridized carbons (Fsp3) is 0.700. The Morgan fingerprint density at radius 2 is 1.88 bits per heavy atom. The van der Waals surface area contributed by atoms with Crippen molar-refractivity contribution in [2.24, 2.45) is 0 Å². The SMILES string of the molecule is CCN1CCC(N[C@H]2CC[C@H]2NC(=O)CN(C)Cc2ccncc2)CC1. The third kappa shape index (κ3) is 5.50. The van der Waals surface area contributed by atoms with Crippen LogP contribution in [0.25, 0.3) is 0 Å². The van der Waals surface area contributed by atoms with Crippen molar-refractivity contribution in [3.8, 4) is 0 Å². The lowest BCUT2D eigenvalue weighted by atomic mass is 9.85. The fourth-order valence-corrected chi connectivity index (χ4v) is 3.94. The molecule has 2 N–H and O–H groups in total. The van der Waals surface area contributed by atoms with Crippen LogP contribution in [0.4, 0.5) is 0 Å². The predicted molar refractivity (Wildman–Crippen MR) is 104 cm³/mol. The number of hydrogen-bond acceptors (Lipinski definition) is 5. The average Bonchev–Trinajstić information content (AvgIpc) is 2.64. The zero-order valence-electron chi connectivity index (χ0n) is 16.2. The summed E-state index contributed by atoms with van der Waals surface area (Å²) in [5.41, 5.74) is 1.18. The Balaban J connectivity index is 1.36. The summed E-state index contributed by atoms with van der Waals surface area (Å²) in [5.74, 6) is 0.124. The van der Waals surface area contributed by atoms with E-state index in [9.17, 15) is 4.79 Å². The number of aromatic nitrogens is 1. The molecule has 1 saturated heterocycles. The molecule has 6 nitrogen and oxygen atoms in total. The molecule has 1 aliphatic heterocycles. The van der Waals surface area contributed by atoms with E-state index in [2.05, 4.69) is 27.4 Å². The van der Waals surface area contributed by atoms with Crippen molar-refractivity contribution in [3.63, 3.8) is 0 Å². The second kappa shape index (κ2) is 9.44. The van der Waals surface area contributed by atoms with E-state index in [4.69, 9.17) is 0 Å². The molecule has 0 radical (unpaired) electrons. The summed E-state index contributed by atoms with van der Waals surface area (Å²) in [7, 11) is 1.98. The number of rotatable bonds is 8. The minimum absolute atomic E-state index is 0.124. The van der Waals surface area contributed by atoms with Crippen LogP contribution in [0, 0.1) is 0 Å². The summed E-state index contributed by atoms with van der Waals surface area (Å²) in [6, 6.07) is 5.33. The van der Waals surface area contributed by atoms with Gasteiger partial charge in [0, 0.05) is 37.1 Å². The molecule has 2 fully saturated rings. The monoisotopic (exact) mass is 359 g/mol. The highest BCUT2D eigenvalue weighted by Gasteiger charge is 2.34. The Kier molecular flexibility index (Phi) is 7.00. The van der Waals surface area contributed by atoms with Gasteiger partial charge < -0.3 is 15.5 Å². The standard InChI is InChI=1S/C20H33N5O/c1-3-25-12-8-17(9-13-25)22-18-4-5-19(18)23-20(26)15-24(2)14-16-6-10-21-11-7-16/h6-7,10-11,17-19,22H,3-5,8-9,12-15H2,1-2H3,(H,23,26)/t18-,19+/m0/s1. The fourth-order valence-electron chi connectivity index (χ4n) is 3.94. The molecule has 1 aliphatic carbocycles. The lowest BCUT2D eigenvalue weighted by Crippen LogP contribution is -2.60. The minimum atomic E-state index is 0.124. The van der Waals surface area contributed by atoms with E-state index in [0.29, 0.717) is 24.7 Å². The Bertz CT molecular complexity index is 559. The molecule has 6 heteroatoms. The maximum atomic E-state index is 12.4. The minimum Gasteiger partial charge on any atom is -0.351 e. The Morgan fingerprint density at radius 3 is 2.50 bits per heavy atom. The van der Waals surface area contributed by atoms with Crippen LogP contribution in [0.1, 0.15) is 38.2 Å². The average molecular weight is 360 g/mol. The lowest BCUT2D eigenvalue weighted by molar-refractivity contribution is -0.123. The van der Waals surface area contributed by atoms with Crippen molar-refractivity contribution in [1.82, 2.24) is 25.4 Å². The number of carbonyl (C=O) groups is 1. The van der Waals surface area contributed by atoms with Gasteiger partial charge in [0.1, 0.15) is 0 Å². The normalized spacial score (nSPS) is 24.4. The van der Waals surface area contributed by atoms with Crippen molar-refractivity contribution >= 4 is 5.91 Å². The summed E-state index contributed by atoms with van der Waals surface area (Å²) in [6.45, 7) is 6.97. The highest BCUT2D eigenvalue weighted by atomic mass is 16.2. The lowest BCUT2D eigenvalue weighted by Gasteiger charge is -2.42. The first-order chi connectivity index (χ1) is 12.6. The maximum absolute atomic E-state index is 12.4. The Morgan fingerprint density at radius 1 is 1.19 bits per heavy atom. The topological polar surface area (TPSA) is 60.5 Å². The zero-order chi connectivity index (χ0) is 18.4. The number of likely N-dealkylation sites (N-methyl/N-ethyl adjacent to an activating group) is 1. The van der Waals surface area contributed by atoms with Gasteiger partial charge in [0.15, 0.2) is 0 Å². The van der Waals surface area contributed by atoms with E-state index in [-0.39, 0.29) is 5.91 Å². The van der Waals surface area contributed by atoms with Gasteiger partial charge in [0.25, 0.3) is 0 Å². The van der Waals surface area contributed by atoms with E-state index in [0.717, 1.165) is 19.5 Å². The van der Waals surface area contributed by atoms with Gasteiger partial charge in [-0.1, -0.05) is 6.92 Å². The smallest absolute Gasteiger partial charge is 0.234 e. The van der Waals surface area contributed by atoms with Crippen LogP contribution in [0.15, 0.2) is 24.5 Å². The van der Waals surface area contributed by atoms with Crippen LogP contribution in [-0.4, -0.2) is 72.0 Å². The number of pyridine rings is 1. The molecule has 144 valence electrons. The maximum Gasteiger partial charge on any atom is 0.234 e. The first-order valence-electron chi connectivity index (χ1n) is 9.99. The first-order valence-corrected chi connectivity index (χ1v) is 9.99. The van der Waals surface area contributed by atoms with Gasteiger partial charge in [0.2, 0.25) is 5.91 Å². The summed E-state index contributed by atoms with van der Waals surface area (Å²) in [4.78, 5) is 21.0. The van der Waals surface area contributed by atoms with Gasteiger partial charge in [-0.15, -0.1) is 0 Å². The molecule has 1 aromatic rings. The number of nitrogens with zero attached hydrogens (tertiary/aromatic N) is 3. The molecule has 1 amide bonds. The molecule has 1 saturated carbocycles. The highest BCUT2D eigenvalue weighted by Crippen LogP contribution is 2.22. The van der Waals surface area contributed by atoms with Crippen LogP contribution in [0.3, 0.4) is 0 Å². The van der Waals surface area contributed by atoms with Gasteiger partial charge >= 0.3 is 0 Å². The molecular formula is C20H33N5O. The van der Waals surface area contributed by atoms with Gasteiger partial charge in [0.05, 0.1) is 6.54 Å². The molecular weight excluding hydrogens is 326 g/mol. The van der Waals surface area contributed by atoms with Gasteiger partial charge in [-0.3, -0.25) is 14.7 Å². The Hall–Kier alpha value is -1.50. The van der Waals surface area contributed by atoms with E-state index in [1.54, 1.807) is 12.4 Å². The molecule has 26 heavy (non-hydrogen) atoms. The van der Waals surface area contributed by atoms with Gasteiger partial charge in [-0.25, -0.2) is 0 Å². The van der Waals surface area contributed by atoms with Crippen molar-refractivity contribution < 1.29 is 4.79 Å². The zero-order valence-corrected chi connectivity index (χ0v) is 16.2. The van der Waals surface area contributed by atoms with Crippen molar-refractivity contribution in [2.45, 2.75) is 57.3 Å². The number of piperidine rings is 1. The summed E-state index contributed by atoms with van der Waals surface area (Å²) in [6.07, 6.45) is 8.29. The molecule has 3 rings (SSSR count). The largest absolute Gasteiger partial charge is 0.351 e. The molecule has 0 aromatic carbocycles. The number of amides is 1. The number of nitrogens with one attached hydrogen (secondary N) is 2. The van der Waals surface area contributed by atoms with E-state index in [1.165, 1.54) is 37.9 Å². The molecule has 2 heterocycles. The van der Waals surface area contributed by atoms with E-state index >= 15 is 0 Å². The molecule has 2 aliphatic rings. The van der Waals surface area contributed by atoms with E-state index in [1.807, 2.05) is 24.1 Å². The summed E-state index contributed by atoms with van der Waals surface area (Å²) >= 11 is 0. The number of hydrogen-bond donors (Lipinski definition) is 2. The van der Waals surface area contributed by atoms with Crippen LogP contribution in [-0.2, 0) is 11.3 Å². The first kappa shape index (κ1) is 19.3. The Labute approximate surface area is 157 Å². The third-order valence-corrected chi connectivity index (χ3v) is 5.72. The number of carbonyl (C=O) groups excluding carboxylic acids is 1. The molecule has 0 unspecified atom stereocenters. The third-order valence-electron chi connectivity index (χ3n) is 5.72. The molecule has 0 bridgehead atoms. The van der Waals surface area contributed by atoms with Gasteiger partial charge in [-0.2, -0.15) is 0 Å². The molecule has 0 spiro atoms. The van der Waals surface area contributed by atoms with Gasteiger partial charge in [-0.05, 0) is 70.1 Å². The van der Waals surface area contributed by atoms with E-state index < -0.39 is 0 Å². The quantitative estimate of drug-likeness (QED) is 0.731. The predicted octanol–water partition coefficient (Wildman–Crippen LogP) is 1.23.